The Hall–Kier alpha value is -3.26. The lowest BCUT2D eigenvalue weighted by Crippen LogP contribution is -2.40. The molecule has 8 heteroatoms. The molecule has 0 radical (unpaired) electrons. The number of carbonyl (C=O) groups is 2. The van der Waals surface area contributed by atoms with Crippen LogP contribution in [0.2, 0.25) is 0 Å². The summed E-state index contributed by atoms with van der Waals surface area (Å²) in [5, 5.41) is 7.41. The highest BCUT2D eigenvalue weighted by atomic mass is 16.5. The lowest BCUT2D eigenvalue weighted by atomic mass is 10.1. The number of aromatic nitrogens is 2. The number of benzene rings is 1. The molecular formula is C21H24N4O4. The SMILES string of the molecule is COCCN(CC(=O)Nc1cccc(C)c1C)C(=O)c1cnc2onc(C)c2c1. The van der Waals surface area contributed by atoms with Gasteiger partial charge >= 0.3 is 0 Å². The van der Waals surface area contributed by atoms with E-state index < -0.39 is 0 Å². The molecule has 0 atom stereocenters. The highest BCUT2D eigenvalue weighted by Crippen LogP contribution is 2.19. The van der Waals surface area contributed by atoms with Crippen LogP contribution < -0.4 is 5.32 Å². The van der Waals surface area contributed by atoms with Crippen LogP contribution in [0.4, 0.5) is 5.69 Å². The molecule has 2 aromatic heterocycles. The van der Waals surface area contributed by atoms with Gasteiger partial charge in [0.25, 0.3) is 11.6 Å². The van der Waals surface area contributed by atoms with Crippen molar-refractivity contribution in [2.24, 2.45) is 0 Å². The standard InChI is InChI=1S/C21H24N4O4/c1-13-6-5-7-18(14(13)2)23-19(26)12-25(8-9-28-4)21(27)16-10-17-15(3)24-29-20(17)22-11-16/h5-7,10-11H,8-9,12H2,1-4H3,(H,23,26). The van der Waals surface area contributed by atoms with Crippen LogP contribution in [-0.2, 0) is 9.53 Å². The molecule has 29 heavy (non-hydrogen) atoms. The quantitative estimate of drug-likeness (QED) is 0.659. The Balaban J connectivity index is 1.78. The van der Waals surface area contributed by atoms with Crippen molar-refractivity contribution >= 4 is 28.6 Å². The van der Waals surface area contributed by atoms with Gasteiger partial charge in [-0.15, -0.1) is 0 Å². The zero-order chi connectivity index (χ0) is 21.0. The molecule has 0 saturated carbocycles. The monoisotopic (exact) mass is 396 g/mol. The predicted octanol–water partition coefficient (Wildman–Crippen LogP) is 2.88. The van der Waals surface area contributed by atoms with Crippen molar-refractivity contribution in [3.05, 3.63) is 52.8 Å². The average molecular weight is 396 g/mol. The molecule has 0 saturated heterocycles. The van der Waals surface area contributed by atoms with Gasteiger partial charge in [-0.3, -0.25) is 9.59 Å². The van der Waals surface area contributed by atoms with Crippen LogP contribution in [0.25, 0.3) is 11.1 Å². The number of aryl methyl sites for hydroxylation is 2. The molecular weight excluding hydrogens is 372 g/mol. The van der Waals surface area contributed by atoms with Crippen LogP contribution in [-0.4, -0.2) is 53.7 Å². The maximum Gasteiger partial charge on any atom is 0.257 e. The molecule has 0 fully saturated rings. The van der Waals surface area contributed by atoms with Gasteiger partial charge in [0.1, 0.15) is 6.54 Å². The largest absolute Gasteiger partial charge is 0.383 e. The number of nitrogens with one attached hydrogen (secondary N) is 1. The first-order valence-corrected chi connectivity index (χ1v) is 9.27. The molecule has 152 valence electrons. The van der Waals surface area contributed by atoms with Gasteiger partial charge in [0, 0.05) is 25.5 Å². The summed E-state index contributed by atoms with van der Waals surface area (Å²) < 4.78 is 10.2. The Labute approximate surface area is 168 Å². The highest BCUT2D eigenvalue weighted by Gasteiger charge is 2.21. The highest BCUT2D eigenvalue weighted by molar-refractivity contribution is 6.01. The molecule has 0 bridgehead atoms. The third-order valence-electron chi connectivity index (χ3n) is 4.82. The van der Waals surface area contributed by atoms with Crippen LogP contribution in [0.1, 0.15) is 27.2 Å². The van der Waals surface area contributed by atoms with Gasteiger partial charge in [0.2, 0.25) is 5.91 Å². The molecule has 1 aromatic carbocycles. The number of fused-ring (bicyclic) bond motifs is 1. The van der Waals surface area contributed by atoms with E-state index in [4.69, 9.17) is 9.26 Å². The van der Waals surface area contributed by atoms with Crippen molar-refractivity contribution in [1.82, 2.24) is 15.0 Å². The maximum atomic E-state index is 13.0. The van der Waals surface area contributed by atoms with Crippen molar-refractivity contribution < 1.29 is 18.8 Å². The number of hydrogen-bond acceptors (Lipinski definition) is 6. The smallest absolute Gasteiger partial charge is 0.257 e. The molecule has 3 rings (SSSR count). The first kappa shape index (κ1) is 20.5. The summed E-state index contributed by atoms with van der Waals surface area (Å²) in [6.07, 6.45) is 1.43. The first-order valence-electron chi connectivity index (χ1n) is 9.27. The van der Waals surface area contributed by atoms with Gasteiger partial charge in [-0.25, -0.2) is 4.98 Å². The number of carbonyl (C=O) groups excluding carboxylic acids is 2. The van der Waals surface area contributed by atoms with E-state index in [0.717, 1.165) is 16.8 Å². The van der Waals surface area contributed by atoms with Gasteiger partial charge in [-0.05, 0) is 44.0 Å². The van der Waals surface area contributed by atoms with Crippen LogP contribution >= 0.6 is 0 Å². The van der Waals surface area contributed by atoms with Crippen molar-refractivity contribution in [3.8, 4) is 0 Å². The zero-order valence-corrected chi connectivity index (χ0v) is 17.0. The number of methoxy groups -OCH3 is 1. The molecule has 0 aliphatic heterocycles. The average Bonchev–Trinajstić information content (AvgIpc) is 3.08. The normalized spacial score (nSPS) is 10.9. The van der Waals surface area contributed by atoms with E-state index >= 15 is 0 Å². The predicted molar refractivity (Wildman–Crippen MR) is 109 cm³/mol. The van der Waals surface area contributed by atoms with E-state index in [1.165, 1.54) is 11.1 Å². The third kappa shape index (κ3) is 4.60. The van der Waals surface area contributed by atoms with Crippen LogP contribution in [0, 0.1) is 20.8 Å². The van der Waals surface area contributed by atoms with Crippen molar-refractivity contribution in [3.63, 3.8) is 0 Å². The molecule has 1 N–H and O–H groups in total. The fourth-order valence-corrected chi connectivity index (χ4v) is 2.95. The van der Waals surface area contributed by atoms with Crippen LogP contribution in [0.3, 0.4) is 0 Å². The Kier molecular flexibility index (Phi) is 6.23. The van der Waals surface area contributed by atoms with E-state index in [9.17, 15) is 9.59 Å². The van der Waals surface area contributed by atoms with Gasteiger partial charge in [0.05, 0.1) is 23.3 Å². The van der Waals surface area contributed by atoms with Crippen LogP contribution in [0.15, 0.2) is 35.0 Å². The minimum atomic E-state index is -0.312. The Bertz CT molecular complexity index is 1040. The second-order valence-corrected chi connectivity index (χ2v) is 6.86. The lowest BCUT2D eigenvalue weighted by molar-refractivity contribution is -0.117. The fraction of sp³-hybridized carbons (Fsp3) is 0.333. The number of pyridine rings is 1. The molecule has 3 aromatic rings. The number of amides is 2. The second-order valence-electron chi connectivity index (χ2n) is 6.86. The Morgan fingerprint density at radius 2 is 2.03 bits per heavy atom. The molecule has 0 aliphatic carbocycles. The number of nitrogens with zero attached hydrogens (tertiary/aromatic N) is 3. The van der Waals surface area contributed by atoms with E-state index in [1.807, 2.05) is 32.0 Å². The van der Waals surface area contributed by atoms with Gasteiger partial charge in [0.15, 0.2) is 0 Å². The summed E-state index contributed by atoms with van der Waals surface area (Å²) in [4.78, 5) is 31.2. The van der Waals surface area contributed by atoms with Gasteiger partial charge in [-0.2, -0.15) is 0 Å². The summed E-state index contributed by atoms with van der Waals surface area (Å²) in [7, 11) is 1.55. The van der Waals surface area contributed by atoms with E-state index in [1.54, 1.807) is 20.1 Å². The second kappa shape index (κ2) is 8.83. The first-order chi connectivity index (χ1) is 13.9. The minimum Gasteiger partial charge on any atom is -0.383 e. The molecule has 8 nitrogen and oxygen atoms in total. The maximum absolute atomic E-state index is 13.0. The van der Waals surface area contributed by atoms with Crippen molar-refractivity contribution in [2.75, 3.05) is 32.1 Å². The number of hydrogen-bond donors (Lipinski definition) is 1. The van der Waals surface area contributed by atoms with E-state index in [2.05, 4.69) is 15.5 Å². The number of ether oxygens (including phenoxy) is 1. The molecule has 0 spiro atoms. The fourth-order valence-electron chi connectivity index (χ4n) is 2.95. The van der Waals surface area contributed by atoms with Crippen molar-refractivity contribution in [1.29, 1.82) is 0 Å². The van der Waals surface area contributed by atoms with Crippen LogP contribution in [0.5, 0.6) is 0 Å². The van der Waals surface area contributed by atoms with E-state index in [0.29, 0.717) is 29.0 Å². The number of rotatable bonds is 7. The third-order valence-corrected chi connectivity index (χ3v) is 4.82. The molecule has 2 amide bonds. The summed E-state index contributed by atoms with van der Waals surface area (Å²) in [5.74, 6) is -0.591. The van der Waals surface area contributed by atoms with Gasteiger partial charge < -0.3 is 19.5 Å². The summed E-state index contributed by atoms with van der Waals surface area (Å²) in [5.41, 5.74) is 4.19. The molecule has 0 unspecified atom stereocenters. The summed E-state index contributed by atoms with van der Waals surface area (Å²) in [6, 6.07) is 7.39. The summed E-state index contributed by atoms with van der Waals surface area (Å²) in [6.45, 7) is 6.19. The molecule has 0 aliphatic rings. The molecule has 2 heterocycles. The Morgan fingerprint density at radius 1 is 1.24 bits per heavy atom. The topological polar surface area (TPSA) is 97.6 Å². The lowest BCUT2D eigenvalue weighted by Gasteiger charge is -2.22. The minimum absolute atomic E-state index is 0.101. The van der Waals surface area contributed by atoms with Gasteiger partial charge in [-0.1, -0.05) is 17.3 Å². The summed E-state index contributed by atoms with van der Waals surface area (Å²) >= 11 is 0. The van der Waals surface area contributed by atoms with Crippen molar-refractivity contribution in [2.45, 2.75) is 20.8 Å². The Morgan fingerprint density at radius 3 is 2.79 bits per heavy atom. The van der Waals surface area contributed by atoms with E-state index in [-0.39, 0.29) is 24.9 Å². The number of anilines is 1. The zero-order valence-electron chi connectivity index (χ0n) is 17.0.